The summed E-state index contributed by atoms with van der Waals surface area (Å²) in [6.45, 7) is 0.194. The van der Waals surface area contributed by atoms with Gasteiger partial charge in [0, 0.05) is 6.07 Å². The van der Waals surface area contributed by atoms with Crippen LogP contribution < -0.4 is 9.47 Å². The van der Waals surface area contributed by atoms with E-state index in [1.165, 1.54) is 13.2 Å². The van der Waals surface area contributed by atoms with E-state index in [1.807, 2.05) is 36.4 Å². The quantitative estimate of drug-likeness (QED) is 0.584. The van der Waals surface area contributed by atoms with Crippen molar-refractivity contribution in [3.63, 3.8) is 0 Å². The van der Waals surface area contributed by atoms with Gasteiger partial charge >= 0.3 is 5.97 Å². The van der Waals surface area contributed by atoms with E-state index in [1.54, 1.807) is 42.5 Å². The van der Waals surface area contributed by atoms with Crippen molar-refractivity contribution in [1.29, 1.82) is 0 Å². The van der Waals surface area contributed by atoms with Gasteiger partial charge in [-0.05, 0) is 48.0 Å². The van der Waals surface area contributed by atoms with E-state index < -0.39 is 0 Å². The molecule has 0 aromatic heterocycles. The molecule has 0 saturated carbocycles. The van der Waals surface area contributed by atoms with Gasteiger partial charge in [-0.3, -0.25) is 0 Å². The molecule has 1 N–H and O–H groups in total. The van der Waals surface area contributed by atoms with Crippen LogP contribution in [-0.4, -0.2) is 24.8 Å². The Bertz CT molecular complexity index is 946. The van der Waals surface area contributed by atoms with Crippen LogP contribution in [-0.2, 0) is 4.74 Å². The molecule has 0 fully saturated rings. The van der Waals surface area contributed by atoms with Gasteiger partial charge in [-0.25, -0.2) is 4.79 Å². The number of rotatable bonds is 7. The zero-order valence-electron chi connectivity index (χ0n) is 15.4. The second-order valence-electron chi connectivity index (χ2n) is 5.87. The molecule has 0 spiro atoms. The van der Waals surface area contributed by atoms with Crippen LogP contribution in [0, 0.1) is 0 Å². The maximum atomic E-state index is 11.8. The Kier molecular flexibility index (Phi) is 6.31. The van der Waals surface area contributed by atoms with Crippen LogP contribution >= 0.6 is 0 Å². The fraction of sp³-hybridized carbons (Fsp3) is 0.0870. The van der Waals surface area contributed by atoms with Crippen molar-refractivity contribution in [3.05, 3.63) is 90.0 Å². The molecule has 3 aromatic carbocycles. The monoisotopic (exact) mass is 376 g/mol. The molecule has 0 unspecified atom stereocenters. The number of hydrogen-bond acceptors (Lipinski definition) is 5. The first kappa shape index (κ1) is 19.0. The van der Waals surface area contributed by atoms with Crippen LogP contribution in [0.15, 0.2) is 78.9 Å². The number of hydrogen-bond donors (Lipinski definition) is 1. The van der Waals surface area contributed by atoms with E-state index in [4.69, 9.17) is 14.2 Å². The summed E-state index contributed by atoms with van der Waals surface area (Å²) in [7, 11) is 1.48. The van der Waals surface area contributed by atoms with Gasteiger partial charge in [-0.1, -0.05) is 36.4 Å². The smallest absolute Gasteiger partial charge is 0.338 e. The Hall–Kier alpha value is -3.73. The molecule has 3 aromatic rings. The summed E-state index contributed by atoms with van der Waals surface area (Å²) in [5.74, 6) is 1.27. The highest BCUT2D eigenvalue weighted by Gasteiger charge is 2.05. The van der Waals surface area contributed by atoms with Gasteiger partial charge in [0.05, 0.1) is 12.7 Å². The molecule has 0 aliphatic heterocycles. The number of esters is 1. The summed E-state index contributed by atoms with van der Waals surface area (Å²) >= 11 is 0. The predicted octanol–water partition coefficient (Wildman–Crippen LogP) is 5.06. The lowest BCUT2D eigenvalue weighted by Crippen LogP contribution is -2.04. The molecule has 3 rings (SSSR count). The Labute approximate surface area is 163 Å². The van der Waals surface area contributed by atoms with E-state index >= 15 is 0 Å². The third-order valence-electron chi connectivity index (χ3n) is 3.90. The average Bonchev–Trinajstić information content (AvgIpc) is 2.74. The average molecular weight is 376 g/mol. The van der Waals surface area contributed by atoms with E-state index in [-0.39, 0.29) is 18.3 Å². The number of carbonyl (C=O) groups excluding carboxylic acids is 1. The third kappa shape index (κ3) is 5.14. The molecule has 0 amide bonds. The fourth-order valence-corrected chi connectivity index (χ4v) is 2.47. The zero-order valence-corrected chi connectivity index (χ0v) is 15.4. The summed E-state index contributed by atoms with van der Waals surface area (Å²) in [4.78, 5) is 11.8. The lowest BCUT2D eigenvalue weighted by molar-refractivity contribution is 0.0550. The van der Waals surface area contributed by atoms with Crippen LogP contribution in [0.5, 0.6) is 23.0 Å². The lowest BCUT2D eigenvalue weighted by Gasteiger charge is -2.08. The first-order chi connectivity index (χ1) is 13.7. The van der Waals surface area contributed by atoms with Crippen molar-refractivity contribution in [2.45, 2.75) is 0 Å². The Morgan fingerprint density at radius 2 is 1.68 bits per heavy atom. The third-order valence-corrected chi connectivity index (χ3v) is 3.90. The van der Waals surface area contributed by atoms with Crippen LogP contribution in [0.4, 0.5) is 0 Å². The predicted molar refractivity (Wildman–Crippen MR) is 107 cm³/mol. The number of methoxy groups -OCH3 is 1. The summed E-state index contributed by atoms with van der Waals surface area (Å²) < 4.78 is 16.0. The van der Waals surface area contributed by atoms with Crippen LogP contribution in [0.1, 0.15) is 15.9 Å². The molecule has 28 heavy (non-hydrogen) atoms. The molecular weight excluding hydrogens is 356 g/mol. The van der Waals surface area contributed by atoms with Crippen molar-refractivity contribution < 1.29 is 24.1 Å². The fourth-order valence-electron chi connectivity index (χ4n) is 2.47. The van der Waals surface area contributed by atoms with Crippen LogP contribution in [0.2, 0.25) is 0 Å². The highest BCUT2D eigenvalue weighted by atomic mass is 16.5. The standard InChI is InChI=1S/C23H20O5/c1-26-22-16-20(13-14-21(22)24)28-19-11-9-17(10-12-19)6-5-15-27-23(25)18-7-3-2-4-8-18/h2-14,16,24H,15H2,1H3/b6-5+. The first-order valence-electron chi connectivity index (χ1n) is 8.69. The molecule has 5 heteroatoms. The minimum atomic E-state index is -0.349. The molecule has 0 aliphatic rings. The van der Waals surface area contributed by atoms with Gasteiger partial charge < -0.3 is 19.3 Å². The number of ether oxygens (including phenoxy) is 3. The molecular formula is C23H20O5. The second-order valence-corrected chi connectivity index (χ2v) is 5.87. The minimum absolute atomic E-state index is 0.0586. The van der Waals surface area contributed by atoms with Gasteiger partial charge in [-0.2, -0.15) is 0 Å². The highest BCUT2D eigenvalue weighted by molar-refractivity contribution is 5.89. The van der Waals surface area contributed by atoms with Crippen LogP contribution in [0.3, 0.4) is 0 Å². The van der Waals surface area contributed by atoms with E-state index in [0.29, 0.717) is 22.8 Å². The van der Waals surface area contributed by atoms with E-state index in [2.05, 4.69) is 0 Å². The zero-order chi connectivity index (χ0) is 19.8. The number of aromatic hydroxyl groups is 1. The molecule has 0 bridgehead atoms. The maximum Gasteiger partial charge on any atom is 0.338 e. The van der Waals surface area contributed by atoms with Gasteiger partial charge in [0.15, 0.2) is 11.5 Å². The Balaban J connectivity index is 1.53. The molecule has 0 atom stereocenters. The van der Waals surface area contributed by atoms with Crippen molar-refractivity contribution in [1.82, 2.24) is 0 Å². The van der Waals surface area contributed by atoms with Crippen LogP contribution in [0.25, 0.3) is 6.08 Å². The molecule has 0 heterocycles. The molecule has 0 saturated heterocycles. The Morgan fingerprint density at radius 1 is 0.964 bits per heavy atom. The Morgan fingerprint density at radius 3 is 2.39 bits per heavy atom. The number of phenolic OH excluding ortho intramolecular Hbond substituents is 1. The second kappa shape index (κ2) is 9.28. The highest BCUT2D eigenvalue weighted by Crippen LogP contribution is 2.32. The summed E-state index contributed by atoms with van der Waals surface area (Å²) in [5, 5.41) is 9.62. The minimum Gasteiger partial charge on any atom is -0.504 e. The summed E-state index contributed by atoms with van der Waals surface area (Å²) in [6, 6.07) is 21.1. The van der Waals surface area contributed by atoms with Gasteiger partial charge in [0.1, 0.15) is 18.1 Å². The summed E-state index contributed by atoms with van der Waals surface area (Å²) in [6.07, 6.45) is 3.65. The van der Waals surface area contributed by atoms with E-state index in [9.17, 15) is 9.90 Å². The van der Waals surface area contributed by atoms with E-state index in [0.717, 1.165) is 5.56 Å². The maximum absolute atomic E-state index is 11.8. The normalized spacial score (nSPS) is 10.6. The van der Waals surface area contributed by atoms with Gasteiger partial charge in [0.25, 0.3) is 0 Å². The van der Waals surface area contributed by atoms with Gasteiger partial charge in [-0.15, -0.1) is 0 Å². The van der Waals surface area contributed by atoms with Gasteiger partial charge in [0.2, 0.25) is 0 Å². The van der Waals surface area contributed by atoms with Crippen molar-refractivity contribution in [3.8, 4) is 23.0 Å². The number of benzene rings is 3. The lowest BCUT2D eigenvalue weighted by atomic mass is 10.2. The largest absolute Gasteiger partial charge is 0.504 e. The topological polar surface area (TPSA) is 65.0 Å². The SMILES string of the molecule is COc1cc(Oc2ccc(/C=C/COC(=O)c3ccccc3)cc2)ccc1O. The van der Waals surface area contributed by atoms with Crippen molar-refractivity contribution in [2.75, 3.05) is 13.7 Å². The molecule has 0 aliphatic carbocycles. The van der Waals surface area contributed by atoms with Crippen molar-refractivity contribution >= 4 is 12.0 Å². The molecule has 142 valence electrons. The number of carbonyl (C=O) groups is 1. The first-order valence-corrected chi connectivity index (χ1v) is 8.69. The number of phenols is 1. The molecule has 0 radical (unpaired) electrons. The van der Waals surface area contributed by atoms with Crippen molar-refractivity contribution in [2.24, 2.45) is 0 Å². The summed E-state index contributed by atoms with van der Waals surface area (Å²) in [5.41, 5.74) is 1.48. The molecule has 5 nitrogen and oxygen atoms in total.